The average Bonchev–Trinajstić information content (AvgIpc) is 2.25. The topological polar surface area (TPSA) is 79.5 Å². The van der Waals surface area contributed by atoms with Crippen molar-refractivity contribution in [2.75, 3.05) is 19.0 Å². The number of pyridine rings is 1. The number of carbonyl (C=O) groups is 1. The van der Waals surface area contributed by atoms with Crippen molar-refractivity contribution in [3.63, 3.8) is 0 Å². The third-order valence-corrected chi connectivity index (χ3v) is 2.31. The lowest BCUT2D eigenvalue weighted by molar-refractivity contribution is -0.137. The van der Waals surface area contributed by atoms with E-state index < -0.39 is 5.97 Å². The van der Waals surface area contributed by atoms with Crippen molar-refractivity contribution < 1.29 is 9.90 Å². The second-order valence-electron chi connectivity index (χ2n) is 3.85. The Morgan fingerprint density at radius 3 is 2.88 bits per heavy atom. The van der Waals surface area contributed by atoms with Crippen molar-refractivity contribution in [1.29, 1.82) is 0 Å². The molecular weight excluding hydrogens is 206 g/mol. The van der Waals surface area contributed by atoms with Crippen molar-refractivity contribution >= 4 is 11.8 Å². The van der Waals surface area contributed by atoms with Crippen molar-refractivity contribution in [3.8, 4) is 0 Å². The number of nitrogens with zero attached hydrogens (tertiary/aromatic N) is 2. The molecule has 0 fully saturated rings. The van der Waals surface area contributed by atoms with Gasteiger partial charge in [-0.3, -0.25) is 4.79 Å². The molecule has 0 aliphatic heterocycles. The van der Waals surface area contributed by atoms with Crippen molar-refractivity contribution in [2.45, 2.75) is 18.9 Å². The van der Waals surface area contributed by atoms with E-state index in [1.807, 2.05) is 31.1 Å². The van der Waals surface area contributed by atoms with E-state index in [0.29, 0.717) is 6.42 Å². The van der Waals surface area contributed by atoms with Crippen molar-refractivity contribution in [3.05, 3.63) is 23.9 Å². The van der Waals surface area contributed by atoms with Crippen LogP contribution in [0.3, 0.4) is 0 Å². The summed E-state index contributed by atoms with van der Waals surface area (Å²) in [6, 6.07) is 3.40. The molecule has 0 aromatic carbocycles. The first-order valence-electron chi connectivity index (χ1n) is 5.12. The van der Waals surface area contributed by atoms with Gasteiger partial charge < -0.3 is 15.7 Å². The zero-order valence-corrected chi connectivity index (χ0v) is 9.55. The van der Waals surface area contributed by atoms with Gasteiger partial charge in [-0.05, 0) is 12.5 Å². The van der Waals surface area contributed by atoms with E-state index in [4.69, 9.17) is 10.8 Å². The lowest BCUT2D eigenvalue weighted by atomic mass is 10.0. The highest BCUT2D eigenvalue weighted by Gasteiger charge is 2.14. The maximum Gasteiger partial charge on any atom is 0.303 e. The van der Waals surface area contributed by atoms with Gasteiger partial charge in [0.05, 0.1) is 0 Å². The van der Waals surface area contributed by atoms with E-state index in [-0.39, 0.29) is 12.5 Å². The summed E-state index contributed by atoms with van der Waals surface area (Å²) in [5.41, 5.74) is 6.84. The number of rotatable bonds is 5. The molecule has 5 heteroatoms. The van der Waals surface area contributed by atoms with Crippen LogP contribution >= 0.6 is 0 Å². The molecule has 16 heavy (non-hydrogen) atoms. The third kappa shape index (κ3) is 3.20. The molecule has 5 nitrogen and oxygen atoms in total. The summed E-state index contributed by atoms with van der Waals surface area (Å²) in [5.74, 6) is -0.0360. The summed E-state index contributed by atoms with van der Waals surface area (Å²) in [6.07, 6.45) is 2.19. The van der Waals surface area contributed by atoms with Gasteiger partial charge in [0, 0.05) is 38.3 Å². The molecule has 0 radical (unpaired) electrons. The van der Waals surface area contributed by atoms with E-state index in [0.717, 1.165) is 11.4 Å². The number of carboxylic acids is 1. The van der Waals surface area contributed by atoms with E-state index in [1.165, 1.54) is 0 Å². The minimum Gasteiger partial charge on any atom is -0.481 e. The van der Waals surface area contributed by atoms with Crippen LogP contribution in [0.4, 0.5) is 5.82 Å². The van der Waals surface area contributed by atoms with E-state index in [1.54, 1.807) is 6.20 Å². The zero-order chi connectivity index (χ0) is 12.1. The van der Waals surface area contributed by atoms with Gasteiger partial charge >= 0.3 is 5.97 Å². The smallest absolute Gasteiger partial charge is 0.303 e. The standard InChI is InChI=1S/C11H17N3O2/c1-14(2)11-8(4-3-7-13-11)9(12)5-6-10(15)16/h3-4,7,9H,5-6,12H2,1-2H3,(H,15,16). The normalized spacial score (nSPS) is 12.2. The maximum absolute atomic E-state index is 10.5. The molecule has 88 valence electrons. The molecule has 1 heterocycles. The summed E-state index contributed by atoms with van der Waals surface area (Å²) in [4.78, 5) is 16.6. The molecule has 0 spiro atoms. The average molecular weight is 223 g/mol. The van der Waals surface area contributed by atoms with Gasteiger partial charge in [-0.25, -0.2) is 4.98 Å². The van der Waals surface area contributed by atoms with Gasteiger partial charge in [0.15, 0.2) is 0 Å². The molecule has 1 atom stereocenters. The van der Waals surface area contributed by atoms with Crippen LogP contribution in [0.15, 0.2) is 18.3 Å². The minimum atomic E-state index is -0.828. The predicted octanol–water partition coefficient (Wildman–Crippen LogP) is 1.01. The van der Waals surface area contributed by atoms with Gasteiger partial charge in [-0.2, -0.15) is 0 Å². The molecule has 3 N–H and O–H groups in total. The number of anilines is 1. The van der Waals surface area contributed by atoms with Crippen molar-refractivity contribution in [1.82, 2.24) is 4.98 Å². The zero-order valence-electron chi connectivity index (χ0n) is 9.55. The number of aliphatic carboxylic acids is 1. The third-order valence-electron chi connectivity index (χ3n) is 2.31. The maximum atomic E-state index is 10.5. The molecule has 1 aromatic rings. The quantitative estimate of drug-likeness (QED) is 0.778. The minimum absolute atomic E-state index is 0.0724. The second kappa shape index (κ2) is 5.46. The first kappa shape index (κ1) is 12.4. The van der Waals surface area contributed by atoms with E-state index in [9.17, 15) is 4.79 Å². The van der Waals surface area contributed by atoms with Crippen LogP contribution < -0.4 is 10.6 Å². The highest BCUT2D eigenvalue weighted by Crippen LogP contribution is 2.23. The lowest BCUT2D eigenvalue weighted by Crippen LogP contribution is -2.19. The number of nitrogens with two attached hydrogens (primary N) is 1. The summed E-state index contributed by atoms with van der Waals surface area (Å²) in [5, 5.41) is 8.61. The Labute approximate surface area is 94.9 Å². The summed E-state index contributed by atoms with van der Waals surface area (Å²) in [6.45, 7) is 0. The molecule has 0 saturated carbocycles. The molecule has 0 amide bonds. The number of carboxylic acid groups (broad SMARTS) is 1. The van der Waals surface area contributed by atoms with Crippen LogP contribution in [-0.2, 0) is 4.79 Å². The van der Waals surface area contributed by atoms with Crippen LogP contribution in [0.5, 0.6) is 0 Å². The molecular formula is C11H17N3O2. The van der Waals surface area contributed by atoms with Gasteiger partial charge in [0.25, 0.3) is 0 Å². The van der Waals surface area contributed by atoms with Gasteiger partial charge in [0.1, 0.15) is 5.82 Å². The van der Waals surface area contributed by atoms with Crippen LogP contribution in [-0.4, -0.2) is 30.2 Å². The Hall–Kier alpha value is -1.62. The van der Waals surface area contributed by atoms with Crippen LogP contribution in [0.25, 0.3) is 0 Å². The number of hydrogen-bond donors (Lipinski definition) is 2. The van der Waals surface area contributed by atoms with Gasteiger partial charge in [-0.1, -0.05) is 6.07 Å². The molecule has 0 bridgehead atoms. The van der Waals surface area contributed by atoms with Gasteiger partial charge in [-0.15, -0.1) is 0 Å². The Morgan fingerprint density at radius 2 is 2.31 bits per heavy atom. The van der Waals surface area contributed by atoms with E-state index >= 15 is 0 Å². The highest BCUT2D eigenvalue weighted by molar-refractivity contribution is 5.66. The summed E-state index contributed by atoms with van der Waals surface area (Å²) >= 11 is 0. The Bertz CT molecular complexity index is 366. The molecule has 1 unspecified atom stereocenters. The van der Waals surface area contributed by atoms with Crippen LogP contribution in [0.1, 0.15) is 24.4 Å². The molecule has 0 aliphatic rings. The summed E-state index contributed by atoms with van der Waals surface area (Å²) in [7, 11) is 3.77. The SMILES string of the molecule is CN(C)c1ncccc1C(N)CCC(=O)O. The number of aromatic nitrogens is 1. The summed E-state index contributed by atoms with van der Waals surface area (Å²) < 4.78 is 0. The first-order chi connectivity index (χ1) is 7.52. The fraction of sp³-hybridized carbons (Fsp3) is 0.455. The second-order valence-corrected chi connectivity index (χ2v) is 3.85. The highest BCUT2D eigenvalue weighted by atomic mass is 16.4. The fourth-order valence-electron chi connectivity index (χ4n) is 1.51. The monoisotopic (exact) mass is 223 g/mol. The Morgan fingerprint density at radius 1 is 1.62 bits per heavy atom. The van der Waals surface area contributed by atoms with Crippen LogP contribution in [0, 0.1) is 0 Å². The molecule has 0 saturated heterocycles. The molecule has 1 rings (SSSR count). The Balaban J connectivity index is 2.81. The van der Waals surface area contributed by atoms with E-state index in [2.05, 4.69) is 4.98 Å². The predicted molar refractivity (Wildman–Crippen MR) is 62.4 cm³/mol. The first-order valence-corrected chi connectivity index (χ1v) is 5.12. The number of hydrogen-bond acceptors (Lipinski definition) is 4. The van der Waals surface area contributed by atoms with Crippen molar-refractivity contribution in [2.24, 2.45) is 5.73 Å². The lowest BCUT2D eigenvalue weighted by Gasteiger charge is -2.19. The van der Waals surface area contributed by atoms with Gasteiger partial charge in [0.2, 0.25) is 0 Å². The Kier molecular flexibility index (Phi) is 4.25. The molecule has 0 aliphatic carbocycles. The largest absolute Gasteiger partial charge is 0.481 e. The fourth-order valence-corrected chi connectivity index (χ4v) is 1.51. The van der Waals surface area contributed by atoms with Crippen LogP contribution in [0.2, 0.25) is 0 Å². The molecule has 1 aromatic heterocycles.